The quantitative estimate of drug-likeness (QED) is 0.619. The predicted octanol–water partition coefficient (Wildman–Crippen LogP) is 3.97. The van der Waals surface area contributed by atoms with Crippen LogP contribution in [-0.4, -0.2) is 38.2 Å². The Kier molecular flexibility index (Phi) is 7.57. The lowest BCUT2D eigenvalue weighted by Gasteiger charge is -2.15. The number of anilines is 2. The molecule has 0 spiro atoms. The number of halogens is 1. The van der Waals surface area contributed by atoms with Crippen LogP contribution in [0.15, 0.2) is 12.1 Å². The molecule has 0 aliphatic heterocycles. The highest BCUT2D eigenvalue weighted by atomic mass is 35.5. The van der Waals surface area contributed by atoms with Gasteiger partial charge in [0, 0.05) is 39.6 Å². The van der Waals surface area contributed by atoms with Crippen molar-refractivity contribution in [2.24, 2.45) is 0 Å². The number of aryl methyl sites for hydroxylation is 2. The van der Waals surface area contributed by atoms with Gasteiger partial charge >= 0.3 is 0 Å². The van der Waals surface area contributed by atoms with E-state index in [4.69, 9.17) is 34.3 Å². The van der Waals surface area contributed by atoms with Gasteiger partial charge in [0.2, 0.25) is 0 Å². The fraction of sp³-hybridized carbons (Fsp3) is 0.333. The number of nitriles is 2. The average Bonchev–Trinajstić information content (AvgIpc) is 2.54. The van der Waals surface area contributed by atoms with Crippen LogP contribution >= 0.6 is 23.8 Å². The van der Waals surface area contributed by atoms with E-state index in [0.717, 1.165) is 22.8 Å². The Labute approximate surface area is 164 Å². The summed E-state index contributed by atoms with van der Waals surface area (Å²) >= 11 is 10.9. The maximum Gasteiger partial charge on any atom is 0.149 e. The first-order chi connectivity index (χ1) is 12.1. The van der Waals surface area contributed by atoms with Gasteiger partial charge < -0.3 is 14.8 Å². The van der Waals surface area contributed by atoms with Crippen LogP contribution in [-0.2, 0) is 0 Å². The van der Waals surface area contributed by atoms with Crippen molar-refractivity contribution >= 4 is 35.2 Å². The first-order valence-electron chi connectivity index (χ1n) is 7.68. The van der Waals surface area contributed by atoms with E-state index in [2.05, 4.69) is 16.0 Å². The summed E-state index contributed by atoms with van der Waals surface area (Å²) in [7, 11) is 7.52. The fourth-order valence-corrected chi connectivity index (χ4v) is 2.79. The molecule has 0 aliphatic carbocycles. The Balaban J connectivity index is 0.000000260. The van der Waals surface area contributed by atoms with Gasteiger partial charge in [0.15, 0.2) is 0 Å². The van der Waals surface area contributed by atoms with Crippen LogP contribution in [0.1, 0.15) is 22.5 Å². The first-order valence-corrected chi connectivity index (χ1v) is 8.46. The van der Waals surface area contributed by atoms with Crippen LogP contribution in [0, 0.1) is 41.2 Å². The van der Waals surface area contributed by atoms with E-state index in [9.17, 15) is 0 Å². The molecule has 0 aromatic carbocycles. The summed E-state index contributed by atoms with van der Waals surface area (Å²) in [5, 5.41) is 18.0. The normalized spacial score (nSPS) is 9.42. The lowest BCUT2D eigenvalue weighted by molar-refractivity contribution is 1.08. The molecule has 1 N–H and O–H groups in total. The number of hydrogen-bond acceptors (Lipinski definition) is 6. The predicted molar refractivity (Wildman–Crippen MR) is 108 cm³/mol. The molecule has 136 valence electrons. The van der Waals surface area contributed by atoms with Gasteiger partial charge in [-0.3, -0.25) is 0 Å². The Hall–Kier alpha value is -2.61. The van der Waals surface area contributed by atoms with E-state index < -0.39 is 0 Å². The number of H-pyrrole nitrogens is 1. The summed E-state index contributed by atoms with van der Waals surface area (Å²) in [6.45, 7) is 3.77. The molecule has 0 bridgehead atoms. The highest BCUT2D eigenvalue weighted by Gasteiger charge is 2.10. The van der Waals surface area contributed by atoms with Crippen LogP contribution in [0.25, 0.3) is 0 Å². The second kappa shape index (κ2) is 9.19. The highest BCUT2D eigenvalue weighted by molar-refractivity contribution is 7.71. The Bertz CT molecular complexity index is 934. The molecule has 0 atom stereocenters. The van der Waals surface area contributed by atoms with Crippen LogP contribution < -0.4 is 9.80 Å². The van der Waals surface area contributed by atoms with Crippen LogP contribution in [0.5, 0.6) is 0 Å². The van der Waals surface area contributed by atoms with Gasteiger partial charge in [-0.15, -0.1) is 0 Å². The van der Waals surface area contributed by atoms with Gasteiger partial charge in [-0.1, -0.05) is 23.8 Å². The van der Waals surface area contributed by atoms with E-state index in [0.29, 0.717) is 15.8 Å². The lowest BCUT2D eigenvalue weighted by atomic mass is 10.2. The van der Waals surface area contributed by atoms with E-state index in [1.165, 1.54) is 0 Å². The van der Waals surface area contributed by atoms with E-state index >= 15 is 0 Å². The third kappa shape index (κ3) is 5.19. The topological polar surface area (TPSA) is 82.7 Å². The molecule has 6 nitrogen and oxygen atoms in total. The molecule has 0 radical (unpaired) electrons. The average molecular weight is 389 g/mol. The Morgan fingerprint density at radius 2 is 1.50 bits per heavy atom. The number of nitrogens with one attached hydrogen (secondary N) is 1. The van der Waals surface area contributed by atoms with Crippen molar-refractivity contribution in [2.75, 3.05) is 38.0 Å². The minimum atomic E-state index is 0.270. The van der Waals surface area contributed by atoms with Crippen molar-refractivity contribution in [1.82, 2.24) is 9.97 Å². The second-order valence-corrected chi connectivity index (χ2v) is 6.77. The maximum atomic E-state index is 8.88. The largest absolute Gasteiger partial charge is 0.376 e. The molecule has 0 saturated heterocycles. The van der Waals surface area contributed by atoms with Gasteiger partial charge in [0.1, 0.15) is 33.1 Å². The number of nitrogens with zero attached hydrogens (tertiary/aromatic N) is 5. The molecule has 2 heterocycles. The third-order valence-corrected chi connectivity index (χ3v) is 4.00. The SMILES string of the molecule is Cc1cc(N(C)C)c(C#N)c(=S)[nH]1.Cc1cc(N(C)C)c(C#N)c(Cl)n1. The first kappa shape index (κ1) is 21.4. The van der Waals surface area contributed by atoms with Crippen molar-refractivity contribution in [3.8, 4) is 12.1 Å². The molecule has 2 aromatic heterocycles. The minimum absolute atomic E-state index is 0.270. The second-order valence-electron chi connectivity index (χ2n) is 6.00. The molecular formula is C18H21ClN6S. The fourth-order valence-electron chi connectivity index (χ4n) is 2.21. The molecule has 2 rings (SSSR count). The Morgan fingerprint density at radius 1 is 1.00 bits per heavy atom. The van der Waals surface area contributed by atoms with E-state index in [-0.39, 0.29) is 5.15 Å². The number of aromatic nitrogens is 2. The van der Waals surface area contributed by atoms with Crippen molar-refractivity contribution in [3.05, 3.63) is 44.4 Å². The number of pyridine rings is 2. The minimum Gasteiger partial charge on any atom is -0.376 e. The summed E-state index contributed by atoms with van der Waals surface area (Å²) in [6.07, 6.45) is 0. The van der Waals surface area contributed by atoms with Crippen molar-refractivity contribution < 1.29 is 0 Å². The zero-order valence-corrected chi connectivity index (χ0v) is 17.2. The molecule has 0 saturated carbocycles. The van der Waals surface area contributed by atoms with Gasteiger partial charge in [0.05, 0.1) is 11.4 Å². The molecule has 26 heavy (non-hydrogen) atoms. The van der Waals surface area contributed by atoms with Crippen LogP contribution in [0.2, 0.25) is 5.15 Å². The van der Waals surface area contributed by atoms with Gasteiger partial charge in [0.25, 0.3) is 0 Å². The molecule has 0 fully saturated rings. The third-order valence-electron chi connectivity index (χ3n) is 3.42. The zero-order valence-electron chi connectivity index (χ0n) is 15.7. The number of aromatic amines is 1. The van der Waals surface area contributed by atoms with E-state index in [1.54, 1.807) is 0 Å². The maximum absolute atomic E-state index is 8.88. The van der Waals surface area contributed by atoms with Crippen molar-refractivity contribution in [3.63, 3.8) is 0 Å². The van der Waals surface area contributed by atoms with Crippen LogP contribution in [0.4, 0.5) is 11.4 Å². The smallest absolute Gasteiger partial charge is 0.149 e. The summed E-state index contributed by atoms with van der Waals surface area (Å²) in [5.74, 6) is 0. The summed E-state index contributed by atoms with van der Waals surface area (Å²) in [5.41, 5.74) is 4.41. The van der Waals surface area contributed by atoms with Gasteiger partial charge in [-0.25, -0.2) is 4.98 Å². The number of hydrogen-bond donors (Lipinski definition) is 1. The molecule has 8 heteroatoms. The highest BCUT2D eigenvalue weighted by Crippen LogP contribution is 2.24. The van der Waals surface area contributed by atoms with Gasteiger partial charge in [-0.2, -0.15) is 10.5 Å². The molecule has 0 aliphatic rings. The molecule has 0 amide bonds. The van der Waals surface area contributed by atoms with Crippen molar-refractivity contribution in [1.29, 1.82) is 10.5 Å². The Morgan fingerprint density at radius 3 is 1.96 bits per heavy atom. The number of rotatable bonds is 2. The zero-order chi connectivity index (χ0) is 20.0. The summed E-state index contributed by atoms with van der Waals surface area (Å²) in [4.78, 5) is 10.7. The van der Waals surface area contributed by atoms with E-state index in [1.807, 2.05) is 70.0 Å². The molecule has 2 aromatic rings. The van der Waals surface area contributed by atoms with Crippen molar-refractivity contribution in [2.45, 2.75) is 13.8 Å². The molecular weight excluding hydrogens is 368 g/mol. The summed E-state index contributed by atoms with van der Waals surface area (Å²) < 4.78 is 0.506. The standard InChI is InChI=1S/C9H10ClN3.C9H11N3S/c1-6-4-8(13(2)3)7(5-11)9(10)12-6;1-6-4-8(12(2)3)7(5-10)9(13)11-6/h4H,1-3H3;4H,1-3H3,(H,11,13). The van der Waals surface area contributed by atoms with Gasteiger partial charge in [-0.05, 0) is 26.0 Å². The molecule has 0 unspecified atom stereocenters. The monoisotopic (exact) mass is 388 g/mol. The summed E-state index contributed by atoms with van der Waals surface area (Å²) in [6, 6.07) is 7.88. The van der Waals surface area contributed by atoms with Crippen LogP contribution in [0.3, 0.4) is 0 Å². The lowest BCUT2D eigenvalue weighted by Crippen LogP contribution is -2.11.